The molecular formula is C20H20N6O. The van der Waals surface area contributed by atoms with Gasteiger partial charge in [-0.2, -0.15) is 0 Å². The summed E-state index contributed by atoms with van der Waals surface area (Å²) >= 11 is 0. The van der Waals surface area contributed by atoms with Gasteiger partial charge in [0.25, 0.3) is 0 Å². The van der Waals surface area contributed by atoms with Gasteiger partial charge in [0.05, 0.1) is 24.5 Å². The number of ketones is 1. The highest BCUT2D eigenvalue weighted by molar-refractivity contribution is 6.08. The molecule has 7 heteroatoms. The van der Waals surface area contributed by atoms with Crippen LogP contribution in [0, 0.1) is 5.41 Å². The Morgan fingerprint density at radius 2 is 1.93 bits per heavy atom. The molecule has 0 aliphatic carbocycles. The number of rotatable bonds is 4. The minimum Gasteiger partial charge on any atom is -0.344 e. The Bertz CT molecular complexity index is 1100. The number of carbonyl (C=O) groups excluding carboxylic acids is 1. The molecule has 4 aromatic rings. The molecule has 0 radical (unpaired) electrons. The Balaban J connectivity index is 1.67. The van der Waals surface area contributed by atoms with Crippen molar-refractivity contribution in [2.75, 3.05) is 0 Å². The zero-order chi connectivity index (χ0) is 19.0. The van der Waals surface area contributed by atoms with E-state index in [0.717, 1.165) is 5.56 Å². The van der Waals surface area contributed by atoms with Crippen molar-refractivity contribution >= 4 is 16.9 Å². The third-order valence-corrected chi connectivity index (χ3v) is 4.30. The maximum atomic E-state index is 12.7. The molecule has 1 N–H and O–H groups in total. The van der Waals surface area contributed by atoms with Crippen molar-refractivity contribution in [2.24, 2.45) is 5.41 Å². The van der Waals surface area contributed by atoms with Crippen LogP contribution in [0.2, 0.25) is 0 Å². The lowest BCUT2D eigenvalue weighted by atomic mass is 9.87. The minimum absolute atomic E-state index is 0.0212. The fourth-order valence-corrected chi connectivity index (χ4v) is 2.86. The molecule has 0 atom stereocenters. The highest BCUT2D eigenvalue weighted by Crippen LogP contribution is 2.26. The van der Waals surface area contributed by atoms with E-state index in [2.05, 4.69) is 25.3 Å². The zero-order valence-electron chi connectivity index (χ0n) is 15.5. The number of Topliss-reactive ketones (excluding diaryl/α,β-unsaturated/α-hetero) is 1. The molecule has 0 aliphatic heterocycles. The third-order valence-electron chi connectivity index (χ3n) is 4.30. The quantitative estimate of drug-likeness (QED) is 0.563. The Morgan fingerprint density at radius 3 is 2.67 bits per heavy atom. The molecule has 0 fully saturated rings. The normalized spacial score (nSPS) is 11.8. The molecule has 0 saturated carbocycles. The molecule has 3 heterocycles. The van der Waals surface area contributed by atoms with Crippen LogP contribution < -0.4 is 0 Å². The Kier molecular flexibility index (Phi) is 4.07. The van der Waals surface area contributed by atoms with E-state index in [0.29, 0.717) is 34.7 Å². The molecule has 1 aromatic carbocycles. The van der Waals surface area contributed by atoms with Gasteiger partial charge in [0, 0.05) is 11.6 Å². The lowest BCUT2D eigenvalue weighted by Gasteiger charge is -2.15. The van der Waals surface area contributed by atoms with Crippen LogP contribution in [0.4, 0.5) is 0 Å². The highest BCUT2D eigenvalue weighted by atomic mass is 16.1. The smallest absolute Gasteiger partial charge is 0.171 e. The Labute approximate surface area is 156 Å². The molecule has 0 aliphatic rings. The zero-order valence-corrected chi connectivity index (χ0v) is 15.5. The van der Waals surface area contributed by atoms with E-state index < -0.39 is 5.41 Å². The Morgan fingerprint density at radius 1 is 1.15 bits per heavy atom. The molecular weight excluding hydrogens is 340 g/mol. The first-order valence-electron chi connectivity index (χ1n) is 8.75. The summed E-state index contributed by atoms with van der Waals surface area (Å²) in [6, 6.07) is 10.0. The molecule has 7 nitrogen and oxygen atoms in total. The molecule has 27 heavy (non-hydrogen) atoms. The van der Waals surface area contributed by atoms with Gasteiger partial charge in [-0.25, -0.2) is 14.6 Å². The number of nitrogens with one attached hydrogen (secondary N) is 1. The van der Waals surface area contributed by atoms with E-state index in [4.69, 9.17) is 0 Å². The van der Waals surface area contributed by atoms with Crippen LogP contribution in [0.25, 0.3) is 22.6 Å². The second-order valence-corrected chi connectivity index (χ2v) is 7.52. The molecule has 0 saturated heterocycles. The molecule has 0 amide bonds. The fourth-order valence-electron chi connectivity index (χ4n) is 2.86. The van der Waals surface area contributed by atoms with E-state index in [-0.39, 0.29) is 5.78 Å². The van der Waals surface area contributed by atoms with E-state index in [9.17, 15) is 4.79 Å². The predicted octanol–water partition coefficient (Wildman–Crippen LogP) is 3.49. The lowest BCUT2D eigenvalue weighted by molar-refractivity contribution is 0.0860. The topological polar surface area (TPSA) is 89.4 Å². The summed E-state index contributed by atoms with van der Waals surface area (Å²) in [6.07, 6.45) is 5.15. The third kappa shape index (κ3) is 3.36. The molecule has 0 bridgehead atoms. The maximum absolute atomic E-state index is 12.7. The van der Waals surface area contributed by atoms with Gasteiger partial charge in [-0.3, -0.25) is 4.79 Å². The van der Waals surface area contributed by atoms with Crippen molar-refractivity contribution < 1.29 is 4.79 Å². The van der Waals surface area contributed by atoms with Gasteiger partial charge in [0.2, 0.25) is 0 Å². The standard InChI is InChI=1S/C20H20N6O/c1-20(2,3)18(27)14-9-21-19-17(14)23-15(10-22-19)16-12-26(25-24-16)11-13-7-5-4-6-8-13/h4-10,12H,11H2,1-3H3,(H,21,22). The number of H-pyrrole nitrogens is 1. The van der Waals surface area contributed by atoms with Crippen molar-refractivity contribution in [2.45, 2.75) is 27.3 Å². The van der Waals surface area contributed by atoms with Crippen LogP contribution in [0.15, 0.2) is 48.9 Å². The van der Waals surface area contributed by atoms with Gasteiger partial charge < -0.3 is 4.98 Å². The van der Waals surface area contributed by atoms with E-state index in [1.807, 2.05) is 57.3 Å². The van der Waals surface area contributed by atoms with Gasteiger partial charge >= 0.3 is 0 Å². The summed E-state index contributed by atoms with van der Waals surface area (Å²) in [5.41, 5.74) is 3.54. The molecule has 0 spiro atoms. The van der Waals surface area contributed by atoms with Crippen LogP contribution in [-0.2, 0) is 6.54 Å². The van der Waals surface area contributed by atoms with Crippen LogP contribution in [-0.4, -0.2) is 35.7 Å². The Hall–Kier alpha value is -3.35. The van der Waals surface area contributed by atoms with Gasteiger partial charge in [-0.05, 0) is 5.56 Å². The molecule has 4 rings (SSSR count). The van der Waals surface area contributed by atoms with Crippen molar-refractivity contribution in [1.82, 2.24) is 29.9 Å². The monoisotopic (exact) mass is 360 g/mol. The fraction of sp³-hybridized carbons (Fsp3) is 0.250. The summed E-state index contributed by atoms with van der Waals surface area (Å²) < 4.78 is 1.76. The summed E-state index contributed by atoms with van der Waals surface area (Å²) in [4.78, 5) is 24.7. The summed E-state index contributed by atoms with van der Waals surface area (Å²) in [5.74, 6) is 0.0212. The van der Waals surface area contributed by atoms with Crippen LogP contribution in [0.3, 0.4) is 0 Å². The number of benzene rings is 1. The lowest BCUT2D eigenvalue weighted by Crippen LogP contribution is -2.20. The highest BCUT2D eigenvalue weighted by Gasteiger charge is 2.26. The number of nitrogens with zero attached hydrogens (tertiary/aromatic N) is 5. The molecule has 0 unspecified atom stereocenters. The summed E-state index contributed by atoms with van der Waals surface area (Å²) in [5, 5.41) is 8.39. The van der Waals surface area contributed by atoms with E-state index in [1.165, 1.54) is 0 Å². The van der Waals surface area contributed by atoms with Gasteiger partial charge in [0.1, 0.15) is 16.9 Å². The number of aromatic nitrogens is 6. The number of hydrogen-bond donors (Lipinski definition) is 1. The SMILES string of the molecule is CC(C)(C)C(=O)c1c[nH]c2ncc(-c3cn(Cc4ccccc4)nn3)nc12. The number of carbonyl (C=O) groups is 1. The number of fused-ring (bicyclic) bond motifs is 1. The minimum atomic E-state index is -0.494. The van der Waals surface area contributed by atoms with Gasteiger partial charge in [-0.1, -0.05) is 56.3 Å². The van der Waals surface area contributed by atoms with Crippen molar-refractivity contribution in [3.63, 3.8) is 0 Å². The first-order chi connectivity index (χ1) is 12.9. The summed E-state index contributed by atoms with van der Waals surface area (Å²) in [7, 11) is 0. The van der Waals surface area contributed by atoms with Crippen LogP contribution in [0.1, 0.15) is 36.7 Å². The van der Waals surface area contributed by atoms with Gasteiger partial charge in [-0.15, -0.1) is 5.10 Å². The van der Waals surface area contributed by atoms with Crippen molar-refractivity contribution in [3.8, 4) is 11.4 Å². The predicted molar refractivity (Wildman–Crippen MR) is 102 cm³/mol. The number of hydrogen-bond acceptors (Lipinski definition) is 5. The van der Waals surface area contributed by atoms with Crippen LogP contribution in [0.5, 0.6) is 0 Å². The average Bonchev–Trinajstić information content (AvgIpc) is 3.27. The molecule has 136 valence electrons. The van der Waals surface area contributed by atoms with Crippen molar-refractivity contribution in [3.05, 3.63) is 60.0 Å². The largest absolute Gasteiger partial charge is 0.344 e. The van der Waals surface area contributed by atoms with E-state index in [1.54, 1.807) is 17.1 Å². The second kappa shape index (κ2) is 6.42. The molecule has 3 aromatic heterocycles. The summed E-state index contributed by atoms with van der Waals surface area (Å²) in [6.45, 7) is 6.29. The first kappa shape index (κ1) is 17.1. The second-order valence-electron chi connectivity index (χ2n) is 7.52. The van der Waals surface area contributed by atoms with Crippen molar-refractivity contribution in [1.29, 1.82) is 0 Å². The average molecular weight is 360 g/mol. The first-order valence-corrected chi connectivity index (χ1v) is 8.75. The van der Waals surface area contributed by atoms with Crippen LogP contribution >= 0.6 is 0 Å². The number of aromatic amines is 1. The van der Waals surface area contributed by atoms with E-state index >= 15 is 0 Å². The van der Waals surface area contributed by atoms with Gasteiger partial charge in [0.15, 0.2) is 11.4 Å². The maximum Gasteiger partial charge on any atom is 0.171 e.